The molecule has 1 aliphatic carbocycles. The van der Waals surface area contributed by atoms with Crippen LogP contribution in [0.25, 0.3) is 0 Å². The van der Waals surface area contributed by atoms with Crippen LogP contribution in [-0.4, -0.2) is 11.7 Å². The molecule has 2 N–H and O–H groups in total. The van der Waals surface area contributed by atoms with Crippen molar-refractivity contribution >= 4 is 5.69 Å². The van der Waals surface area contributed by atoms with E-state index in [1.165, 1.54) is 30.4 Å². The lowest BCUT2D eigenvalue weighted by Crippen LogP contribution is -2.11. The number of aryl methyl sites for hydroxylation is 2. The van der Waals surface area contributed by atoms with Crippen LogP contribution in [0.4, 0.5) is 5.69 Å². The van der Waals surface area contributed by atoms with E-state index in [9.17, 15) is 5.11 Å². The van der Waals surface area contributed by atoms with Crippen molar-refractivity contribution in [2.75, 3.05) is 11.9 Å². The molecule has 1 aromatic heterocycles. The Kier molecular flexibility index (Phi) is 3.07. The minimum absolute atomic E-state index is 0.465. The SMILES string of the molecule is OC(CNc1ccc2c(c1)CCC2)c1ccco1. The van der Waals surface area contributed by atoms with Gasteiger partial charge in [-0.05, 0) is 54.7 Å². The molecule has 0 bridgehead atoms. The molecule has 0 saturated heterocycles. The van der Waals surface area contributed by atoms with Crippen LogP contribution in [0.3, 0.4) is 0 Å². The maximum absolute atomic E-state index is 9.91. The van der Waals surface area contributed by atoms with Crippen LogP contribution >= 0.6 is 0 Å². The summed E-state index contributed by atoms with van der Waals surface area (Å²) in [6.07, 6.45) is 4.60. The van der Waals surface area contributed by atoms with Gasteiger partial charge in [0.25, 0.3) is 0 Å². The number of anilines is 1. The maximum Gasteiger partial charge on any atom is 0.134 e. The molecule has 3 rings (SSSR count). The van der Waals surface area contributed by atoms with Gasteiger partial charge in [0.15, 0.2) is 0 Å². The van der Waals surface area contributed by atoms with Gasteiger partial charge in [-0.25, -0.2) is 0 Å². The van der Waals surface area contributed by atoms with Crippen LogP contribution in [-0.2, 0) is 12.8 Å². The smallest absolute Gasteiger partial charge is 0.134 e. The van der Waals surface area contributed by atoms with E-state index in [-0.39, 0.29) is 0 Å². The van der Waals surface area contributed by atoms with Gasteiger partial charge < -0.3 is 14.8 Å². The summed E-state index contributed by atoms with van der Waals surface area (Å²) < 4.78 is 5.17. The van der Waals surface area contributed by atoms with Gasteiger partial charge >= 0.3 is 0 Å². The molecule has 0 amide bonds. The quantitative estimate of drug-likeness (QED) is 0.867. The molecule has 18 heavy (non-hydrogen) atoms. The van der Waals surface area contributed by atoms with E-state index >= 15 is 0 Å². The second-order valence-corrected chi connectivity index (χ2v) is 4.75. The average Bonchev–Trinajstić information content (AvgIpc) is 3.05. The second kappa shape index (κ2) is 4.86. The zero-order valence-electron chi connectivity index (χ0n) is 10.2. The molecule has 1 atom stereocenters. The molecule has 1 heterocycles. The first-order chi connectivity index (χ1) is 8.83. The summed E-state index contributed by atoms with van der Waals surface area (Å²) in [5.74, 6) is 0.601. The number of hydrogen-bond donors (Lipinski definition) is 2. The van der Waals surface area contributed by atoms with Gasteiger partial charge in [-0.3, -0.25) is 0 Å². The number of aliphatic hydroxyl groups is 1. The molecular formula is C15H17NO2. The Morgan fingerprint density at radius 3 is 2.94 bits per heavy atom. The number of rotatable bonds is 4. The summed E-state index contributed by atoms with van der Waals surface area (Å²) in [4.78, 5) is 0. The Morgan fingerprint density at radius 2 is 2.11 bits per heavy atom. The Morgan fingerprint density at radius 1 is 1.22 bits per heavy atom. The first kappa shape index (κ1) is 11.4. The van der Waals surface area contributed by atoms with Crippen LogP contribution in [0, 0.1) is 0 Å². The Bertz CT molecular complexity index is 519. The topological polar surface area (TPSA) is 45.4 Å². The first-order valence-corrected chi connectivity index (χ1v) is 6.40. The van der Waals surface area contributed by atoms with Crippen molar-refractivity contribution in [3.63, 3.8) is 0 Å². The highest BCUT2D eigenvalue weighted by Gasteiger charge is 2.12. The number of hydrogen-bond acceptors (Lipinski definition) is 3. The van der Waals surface area contributed by atoms with Gasteiger partial charge in [0.05, 0.1) is 6.26 Å². The highest BCUT2D eigenvalue weighted by atomic mass is 16.4. The summed E-state index contributed by atoms with van der Waals surface area (Å²) in [5, 5.41) is 13.2. The molecule has 0 saturated carbocycles. The molecular weight excluding hydrogens is 226 g/mol. The zero-order chi connectivity index (χ0) is 12.4. The van der Waals surface area contributed by atoms with Gasteiger partial charge in [0, 0.05) is 12.2 Å². The molecule has 2 aromatic rings. The van der Waals surface area contributed by atoms with E-state index in [1.807, 2.05) is 0 Å². The van der Waals surface area contributed by atoms with Crippen molar-refractivity contribution in [2.24, 2.45) is 0 Å². The molecule has 1 unspecified atom stereocenters. The Labute approximate surface area is 106 Å². The van der Waals surface area contributed by atoms with Crippen LogP contribution in [0.15, 0.2) is 41.0 Å². The number of nitrogens with one attached hydrogen (secondary N) is 1. The number of furan rings is 1. The van der Waals surface area contributed by atoms with Gasteiger partial charge in [-0.1, -0.05) is 6.07 Å². The molecule has 1 aromatic carbocycles. The van der Waals surface area contributed by atoms with Crippen molar-refractivity contribution < 1.29 is 9.52 Å². The largest absolute Gasteiger partial charge is 0.467 e. The molecule has 0 spiro atoms. The zero-order valence-corrected chi connectivity index (χ0v) is 10.2. The minimum Gasteiger partial charge on any atom is -0.467 e. The van der Waals surface area contributed by atoms with Gasteiger partial charge in [0.2, 0.25) is 0 Å². The summed E-state index contributed by atoms with van der Waals surface area (Å²) in [6.45, 7) is 0.465. The lowest BCUT2D eigenvalue weighted by atomic mass is 10.1. The standard InChI is InChI=1S/C15H17NO2/c17-14(15-5-2-8-18-15)10-16-13-7-6-11-3-1-4-12(11)9-13/h2,5-9,14,16-17H,1,3-4,10H2. The van der Waals surface area contributed by atoms with Crippen molar-refractivity contribution in [1.29, 1.82) is 0 Å². The Balaban J connectivity index is 1.63. The fourth-order valence-electron chi connectivity index (χ4n) is 2.48. The highest BCUT2D eigenvalue weighted by Crippen LogP contribution is 2.25. The van der Waals surface area contributed by atoms with Crippen molar-refractivity contribution in [2.45, 2.75) is 25.4 Å². The maximum atomic E-state index is 9.91. The number of benzene rings is 1. The average molecular weight is 243 g/mol. The lowest BCUT2D eigenvalue weighted by Gasteiger charge is -2.11. The van der Waals surface area contributed by atoms with Crippen LogP contribution in [0.1, 0.15) is 29.4 Å². The van der Waals surface area contributed by atoms with Crippen LogP contribution < -0.4 is 5.32 Å². The molecule has 3 nitrogen and oxygen atoms in total. The number of fused-ring (bicyclic) bond motifs is 1. The van der Waals surface area contributed by atoms with Crippen molar-refractivity contribution in [3.05, 3.63) is 53.5 Å². The summed E-state index contributed by atoms with van der Waals surface area (Å²) in [6, 6.07) is 10.0. The van der Waals surface area contributed by atoms with Gasteiger partial charge in [-0.2, -0.15) is 0 Å². The third-order valence-electron chi connectivity index (χ3n) is 3.47. The summed E-state index contributed by atoms with van der Waals surface area (Å²) in [7, 11) is 0. The van der Waals surface area contributed by atoms with Gasteiger partial charge in [-0.15, -0.1) is 0 Å². The minimum atomic E-state index is -0.603. The normalized spacial score (nSPS) is 15.4. The molecule has 3 heteroatoms. The highest BCUT2D eigenvalue weighted by molar-refractivity contribution is 5.50. The third kappa shape index (κ3) is 2.27. The first-order valence-electron chi connectivity index (χ1n) is 6.40. The molecule has 0 radical (unpaired) electrons. The third-order valence-corrected chi connectivity index (χ3v) is 3.47. The summed E-state index contributed by atoms with van der Waals surface area (Å²) >= 11 is 0. The fourth-order valence-corrected chi connectivity index (χ4v) is 2.48. The summed E-state index contributed by atoms with van der Waals surface area (Å²) in [5.41, 5.74) is 3.97. The van der Waals surface area contributed by atoms with Gasteiger partial charge in [0.1, 0.15) is 11.9 Å². The monoisotopic (exact) mass is 243 g/mol. The molecule has 0 fully saturated rings. The predicted molar refractivity (Wildman–Crippen MR) is 70.6 cm³/mol. The second-order valence-electron chi connectivity index (χ2n) is 4.75. The van der Waals surface area contributed by atoms with Crippen LogP contribution in [0.2, 0.25) is 0 Å². The van der Waals surface area contributed by atoms with E-state index in [4.69, 9.17) is 4.42 Å². The van der Waals surface area contributed by atoms with E-state index in [0.717, 1.165) is 5.69 Å². The lowest BCUT2D eigenvalue weighted by molar-refractivity contribution is 0.162. The Hall–Kier alpha value is -1.74. The van der Waals surface area contributed by atoms with Crippen LogP contribution in [0.5, 0.6) is 0 Å². The van der Waals surface area contributed by atoms with E-state index < -0.39 is 6.10 Å². The fraction of sp³-hybridized carbons (Fsp3) is 0.333. The predicted octanol–water partition coefficient (Wildman–Crippen LogP) is 2.91. The number of aliphatic hydroxyl groups excluding tert-OH is 1. The molecule has 0 aliphatic heterocycles. The van der Waals surface area contributed by atoms with E-state index in [0.29, 0.717) is 12.3 Å². The van der Waals surface area contributed by atoms with E-state index in [1.54, 1.807) is 18.4 Å². The molecule has 1 aliphatic rings. The van der Waals surface area contributed by atoms with Crippen molar-refractivity contribution in [3.8, 4) is 0 Å². The van der Waals surface area contributed by atoms with Crippen molar-refractivity contribution in [1.82, 2.24) is 0 Å². The molecule has 94 valence electrons. The van der Waals surface area contributed by atoms with E-state index in [2.05, 4.69) is 23.5 Å².